The molecule has 1 amide bonds. The number of carbonyl (C=O) groups excluding carboxylic acids is 1. The maximum atomic E-state index is 13.3. The zero-order valence-corrected chi connectivity index (χ0v) is 16.5. The van der Waals surface area contributed by atoms with Gasteiger partial charge in [-0.3, -0.25) is 9.78 Å². The Morgan fingerprint density at radius 2 is 2.04 bits per heavy atom. The van der Waals surface area contributed by atoms with Crippen LogP contribution in [0.3, 0.4) is 0 Å². The van der Waals surface area contributed by atoms with Gasteiger partial charge < -0.3 is 14.4 Å². The highest BCUT2D eigenvalue weighted by Gasteiger charge is 2.45. The van der Waals surface area contributed by atoms with Crippen molar-refractivity contribution in [1.82, 2.24) is 9.88 Å². The summed E-state index contributed by atoms with van der Waals surface area (Å²) < 4.78 is 11.9. The summed E-state index contributed by atoms with van der Waals surface area (Å²) in [6, 6.07) is 8.02. The van der Waals surface area contributed by atoms with Crippen molar-refractivity contribution in [3.63, 3.8) is 0 Å². The monoisotopic (exact) mass is 368 g/mol. The van der Waals surface area contributed by atoms with Crippen molar-refractivity contribution in [2.45, 2.75) is 51.2 Å². The highest BCUT2D eigenvalue weighted by molar-refractivity contribution is 6.06. The minimum Gasteiger partial charge on any atom is -0.378 e. The summed E-state index contributed by atoms with van der Waals surface area (Å²) in [5, 5.41) is 0.939. The number of aryl methyl sites for hydroxylation is 2. The molecule has 2 aromatic rings. The van der Waals surface area contributed by atoms with Crippen molar-refractivity contribution in [1.29, 1.82) is 0 Å². The molecule has 1 atom stereocenters. The molecule has 0 aliphatic carbocycles. The van der Waals surface area contributed by atoms with Gasteiger partial charge in [-0.2, -0.15) is 0 Å². The van der Waals surface area contributed by atoms with Crippen molar-refractivity contribution in [2.75, 3.05) is 26.8 Å². The molecule has 0 N–H and O–H groups in total. The molecule has 2 aliphatic heterocycles. The van der Waals surface area contributed by atoms with Crippen molar-refractivity contribution in [3.05, 3.63) is 41.1 Å². The van der Waals surface area contributed by atoms with Gasteiger partial charge in [-0.25, -0.2) is 0 Å². The lowest BCUT2D eigenvalue weighted by Gasteiger charge is -2.48. The number of aromatic nitrogens is 1. The molecule has 3 heterocycles. The van der Waals surface area contributed by atoms with Gasteiger partial charge in [-0.05, 0) is 57.7 Å². The molecule has 0 saturated carbocycles. The SMILES string of the molecule is CO[C@@H]1CCCOC12CCN(C(=O)c1cc(C)nc3ccc(C)cc13)CC2. The Hall–Kier alpha value is -1.98. The Labute approximate surface area is 160 Å². The second kappa shape index (κ2) is 7.21. The number of benzene rings is 1. The normalized spacial score (nSPS) is 22.3. The predicted molar refractivity (Wildman–Crippen MR) is 105 cm³/mol. The minimum atomic E-state index is -0.226. The van der Waals surface area contributed by atoms with Crippen LogP contribution in [0.5, 0.6) is 0 Å². The van der Waals surface area contributed by atoms with Crippen molar-refractivity contribution >= 4 is 16.8 Å². The van der Waals surface area contributed by atoms with Gasteiger partial charge in [-0.1, -0.05) is 11.6 Å². The number of hydrogen-bond acceptors (Lipinski definition) is 4. The van der Waals surface area contributed by atoms with Crippen molar-refractivity contribution in [2.24, 2.45) is 0 Å². The number of pyridine rings is 1. The molecule has 27 heavy (non-hydrogen) atoms. The first kappa shape index (κ1) is 18.4. The van der Waals surface area contributed by atoms with E-state index in [0.29, 0.717) is 13.1 Å². The molecular weight excluding hydrogens is 340 g/mol. The molecule has 5 nitrogen and oxygen atoms in total. The molecule has 2 fully saturated rings. The van der Waals surface area contributed by atoms with Crippen LogP contribution < -0.4 is 0 Å². The summed E-state index contributed by atoms with van der Waals surface area (Å²) >= 11 is 0. The lowest BCUT2D eigenvalue weighted by Crippen LogP contribution is -2.56. The summed E-state index contributed by atoms with van der Waals surface area (Å²) in [7, 11) is 1.77. The third-order valence-electron chi connectivity index (χ3n) is 6.09. The van der Waals surface area contributed by atoms with Crippen molar-refractivity contribution < 1.29 is 14.3 Å². The zero-order chi connectivity index (χ0) is 19.0. The molecule has 0 bridgehead atoms. The number of rotatable bonds is 2. The highest BCUT2D eigenvalue weighted by Crippen LogP contribution is 2.37. The van der Waals surface area contributed by atoms with E-state index < -0.39 is 0 Å². The molecule has 4 rings (SSSR count). The molecule has 1 aromatic carbocycles. The van der Waals surface area contributed by atoms with Crippen LogP contribution in [0.2, 0.25) is 0 Å². The number of carbonyl (C=O) groups is 1. The summed E-state index contributed by atoms with van der Waals surface area (Å²) in [4.78, 5) is 19.9. The summed E-state index contributed by atoms with van der Waals surface area (Å²) in [5.74, 6) is 0.0933. The summed E-state index contributed by atoms with van der Waals surface area (Å²) in [5.41, 5.74) is 3.42. The minimum absolute atomic E-state index is 0.0933. The van der Waals surface area contributed by atoms with Gasteiger partial charge in [0.1, 0.15) is 0 Å². The first-order valence-electron chi connectivity index (χ1n) is 9.86. The maximum absolute atomic E-state index is 13.3. The van der Waals surface area contributed by atoms with Gasteiger partial charge in [0, 0.05) is 37.9 Å². The van der Waals surface area contributed by atoms with Crippen LogP contribution in [0.25, 0.3) is 10.9 Å². The molecule has 0 radical (unpaired) electrons. The Kier molecular flexibility index (Phi) is 4.91. The van der Waals surface area contributed by atoms with E-state index in [4.69, 9.17) is 9.47 Å². The van der Waals surface area contributed by atoms with Crippen LogP contribution >= 0.6 is 0 Å². The number of hydrogen-bond donors (Lipinski definition) is 0. The van der Waals surface area contributed by atoms with E-state index in [1.807, 2.05) is 36.9 Å². The zero-order valence-electron chi connectivity index (χ0n) is 16.5. The fourth-order valence-corrected chi connectivity index (χ4v) is 4.61. The van der Waals surface area contributed by atoms with Gasteiger partial charge in [0.2, 0.25) is 0 Å². The van der Waals surface area contributed by atoms with Crippen LogP contribution in [0.4, 0.5) is 0 Å². The molecular formula is C22H28N2O3. The standard InChI is InChI=1S/C22H28N2O3/c1-15-6-7-19-17(13-15)18(14-16(2)23-19)21(25)24-10-8-22(9-11-24)20(26-3)5-4-12-27-22/h6-7,13-14,20H,4-5,8-12H2,1-3H3/t20-/m1/s1. The lowest BCUT2D eigenvalue weighted by atomic mass is 9.81. The average Bonchev–Trinajstić information content (AvgIpc) is 2.68. The Balaban J connectivity index is 1.58. The molecule has 144 valence electrons. The van der Waals surface area contributed by atoms with Gasteiger partial charge in [-0.15, -0.1) is 0 Å². The fourth-order valence-electron chi connectivity index (χ4n) is 4.61. The summed E-state index contributed by atoms with van der Waals surface area (Å²) in [6.45, 7) is 6.19. The maximum Gasteiger partial charge on any atom is 0.254 e. The fraction of sp³-hybridized carbons (Fsp3) is 0.545. The van der Waals surface area contributed by atoms with Gasteiger partial charge >= 0.3 is 0 Å². The first-order valence-corrected chi connectivity index (χ1v) is 9.86. The molecule has 1 aromatic heterocycles. The smallest absolute Gasteiger partial charge is 0.254 e. The quantitative estimate of drug-likeness (QED) is 0.812. The van der Waals surface area contributed by atoms with E-state index in [1.54, 1.807) is 7.11 Å². The topological polar surface area (TPSA) is 51.7 Å². The van der Waals surface area contributed by atoms with Crippen molar-refractivity contribution in [3.8, 4) is 0 Å². The predicted octanol–water partition coefficient (Wildman–Crippen LogP) is 3.65. The third-order valence-corrected chi connectivity index (χ3v) is 6.09. The second-order valence-electron chi connectivity index (χ2n) is 7.90. The highest BCUT2D eigenvalue weighted by atomic mass is 16.5. The molecule has 2 aliphatic rings. The Bertz CT molecular complexity index is 856. The largest absolute Gasteiger partial charge is 0.378 e. The van der Waals surface area contributed by atoms with Gasteiger partial charge in [0.05, 0.1) is 22.8 Å². The van der Waals surface area contributed by atoms with Crippen LogP contribution in [0.1, 0.15) is 47.3 Å². The number of piperidine rings is 1. The number of ether oxygens (including phenoxy) is 2. The molecule has 0 unspecified atom stereocenters. The van der Waals surface area contributed by atoms with E-state index in [2.05, 4.69) is 11.1 Å². The van der Waals surface area contributed by atoms with Crippen LogP contribution in [0, 0.1) is 13.8 Å². The average molecular weight is 368 g/mol. The third kappa shape index (κ3) is 3.34. The van der Waals surface area contributed by atoms with E-state index in [1.165, 1.54) is 0 Å². The molecule has 2 saturated heterocycles. The van der Waals surface area contributed by atoms with Crippen LogP contribution in [-0.4, -0.2) is 54.3 Å². The number of nitrogens with zero attached hydrogens (tertiary/aromatic N) is 2. The lowest BCUT2D eigenvalue weighted by molar-refractivity contribution is -0.183. The summed E-state index contributed by atoms with van der Waals surface area (Å²) in [6.07, 6.45) is 3.88. The number of likely N-dealkylation sites (tertiary alicyclic amines) is 1. The number of fused-ring (bicyclic) bond motifs is 1. The Morgan fingerprint density at radius 3 is 2.78 bits per heavy atom. The number of methoxy groups -OCH3 is 1. The van der Waals surface area contributed by atoms with E-state index >= 15 is 0 Å². The molecule has 1 spiro atoms. The van der Waals surface area contributed by atoms with Crippen LogP contribution in [-0.2, 0) is 9.47 Å². The second-order valence-corrected chi connectivity index (χ2v) is 7.90. The van der Waals surface area contributed by atoms with Gasteiger partial charge in [0.15, 0.2) is 0 Å². The van der Waals surface area contributed by atoms with E-state index in [-0.39, 0.29) is 17.6 Å². The molecule has 5 heteroatoms. The van der Waals surface area contributed by atoms with E-state index in [0.717, 1.165) is 60.0 Å². The first-order chi connectivity index (χ1) is 13.0. The van der Waals surface area contributed by atoms with Crippen LogP contribution in [0.15, 0.2) is 24.3 Å². The number of amides is 1. The van der Waals surface area contributed by atoms with E-state index in [9.17, 15) is 4.79 Å². The Morgan fingerprint density at radius 1 is 1.26 bits per heavy atom. The van der Waals surface area contributed by atoms with Gasteiger partial charge in [0.25, 0.3) is 5.91 Å².